The van der Waals surface area contributed by atoms with Crippen molar-refractivity contribution in [2.24, 2.45) is 0 Å². The third-order valence-corrected chi connectivity index (χ3v) is 1.74. The Morgan fingerprint density at radius 3 is 2.88 bits per heavy atom. The van der Waals surface area contributed by atoms with Gasteiger partial charge in [0.25, 0.3) is 0 Å². The van der Waals surface area contributed by atoms with Gasteiger partial charge in [0.15, 0.2) is 0 Å². The van der Waals surface area contributed by atoms with Crippen LogP contribution in [-0.2, 0) is 0 Å². The van der Waals surface area contributed by atoms with E-state index < -0.39 is 0 Å². The zero-order valence-corrected chi connectivity index (χ0v) is 4.91. The third kappa shape index (κ3) is 0.605. The highest BCUT2D eigenvalue weighted by Crippen LogP contribution is 2.33. The molecule has 0 aromatic carbocycles. The maximum atomic E-state index is 3.37. The molecule has 0 aliphatic heterocycles. The summed E-state index contributed by atoms with van der Waals surface area (Å²) in [5.74, 6) is 0. The van der Waals surface area contributed by atoms with Crippen molar-refractivity contribution in [3.8, 4) is 0 Å². The van der Waals surface area contributed by atoms with Crippen LogP contribution >= 0.6 is 0 Å². The Balaban J connectivity index is 2.13. The molecule has 0 saturated heterocycles. The third-order valence-electron chi connectivity index (χ3n) is 1.74. The van der Waals surface area contributed by atoms with Crippen LogP contribution in [0, 0.1) is 6.08 Å². The summed E-state index contributed by atoms with van der Waals surface area (Å²) in [6, 6.07) is 0. The molecule has 0 N–H and O–H groups in total. The van der Waals surface area contributed by atoms with Crippen LogP contribution in [0.25, 0.3) is 0 Å². The summed E-state index contributed by atoms with van der Waals surface area (Å²) in [4.78, 5) is 0. The Kier molecular flexibility index (Phi) is 0.806. The normalized spacial score (nSPS) is 25.0. The second-order valence-electron chi connectivity index (χ2n) is 2.44. The highest BCUT2D eigenvalue weighted by Gasteiger charge is 2.15. The van der Waals surface area contributed by atoms with Crippen LogP contribution < -0.4 is 0 Å². The minimum Gasteiger partial charge on any atom is -0.0763 e. The van der Waals surface area contributed by atoms with E-state index in [1.54, 1.807) is 5.57 Å². The molecule has 0 atom stereocenters. The van der Waals surface area contributed by atoms with Crippen LogP contribution in [0.15, 0.2) is 17.2 Å². The average molecular weight is 105 g/mol. The molecule has 41 valence electrons. The lowest BCUT2D eigenvalue weighted by atomic mass is 10.2. The molecule has 1 radical (unpaired) electrons. The van der Waals surface area contributed by atoms with E-state index in [-0.39, 0.29) is 0 Å². The van der Waals surface area contributed by atoms with Gasteiger partial charge in [0.2, 0.25) is 0 Å². The Morgan fingerprint density at radius 1 is 1.50 bits per heavy atom. The largest absolute Gasteiger partial charge is 0.0763 e. The van der Waals surface area contributed by atoms with Crippen LogP contribution in [0.5, 0.6) is 0 Å². The number of hydrogen-bond donors (Lipinski definition) is 0. The van der Waals surface area contributed by atoms with E-state index in [9.17, 15) is 0 Å². The fourth-order valence-electron chi connectivity index (χ4n) is 1.16. The highest BCUT2D eigenvalue weighted by molar-refractivity contribution is 5.42. The van der Waals surface area contributed by atoms with Gasteiger partial charge in [-0.2, -0.15) is 0 Å². The first-order valence-corrected chi connectivity index (χ1v) is 3.26. The summed E-state index contributed by atoms with van der Waals surface area (Å²) in [5.41, 5.74) is 3.09. The zero-order valence-electron chi connectivity index (χ0n) is 4.91. The molecule has 0 heterocycles. The van der Waals surface area contributed by atoms with Crippen molar-refractivity contribution in [2.75, 3.05) is 0 Å². The van der Waals surface area contributed by atoms with Gasteiger partial charge in [-0.05, 0) is 42.9 Å². The van der Waals surface area contributed by atoms with Crippen molar-refractivity contribution in [1.82, 2.24) is 0 Å². The molecule has 2 rings (SSSR count). The lowest BCUT2D eigenvalue weighted by Crippen LogP contribution is -1.69. The Morgan fingerprint density at radius 2 is 2.38 bits per heavy atom. The van der Waals surface area contributed by atoms with E-state index in [0.29, 0.717) is 0 Å². The summed E-state index contributed by atoms with van der Waals surface area (Å²) in [6.07, 6.45) is 10.7. The van der Waals surface area contributed by atoms with E-state index in [1.807, 2.05) is 0 Å². The number of hydrogen-bond acceptors (Lipinski definition) is 0. The van der Waals surface area contributed by atoms with Gasteiger partial charge in [-0.15, -0.1) is 0 Å². The topological polar surface area (TPSA) is 0 Å². The van der Waals surface area contributed by atoms with Crippen LogP contribution in [0.3, 0.4) is 0 Å². The van der Waals surface area contributed by atoms with E-state index in [2.05, 4.69) is 12.2 Å². The Hall–Kier alpha value is -0.520. The number of allylic oxidation sites excluding steroid dienone is 4. The van der Waals surface area contributed by atoms with Crippen molar-refractivity contribution in [1.29, 1.82) is 0 Å². The van der Waals surface area contributed by atoms with Gasteiger partial charge in [-0.25, -0.2) is 0 Å². The summed E-state index contributed by atoms with van der Waals surface area (Å²) in [6.45, 7) is 0. The first-order chi connectivity index (χ1) is 3.97. The maximum absolute atomic E-state index is 3.37. The smallest absolute Gasteiger partial charge is 0.00916 e. The average Bonchev–Trinajstić information content (AvgIpc) is 2.49. The minimum atomic E-state index is 1.20. The lowest BCUT2D eigenvalue weighted by molar-refractivity contribution is 0.907. The SMILES string of the molecule is [C]1=C(C2=CC2)CCC1. The van der Waals surface area contributed by atoms with Crippen LogP contribution in [0.2, 0.25) is 0 Å². The Labute approximate surface area is 49.9 Å². The van der Waals surface area contributed by atoms with Crippen LogP contribution in [0.1, 0.15) is 25.7 Å². The van der Waals surface area contributed by atoms with Crippen molar-refractivity contribution in [3.05, 3.63) is 23.3 Å². The monoisotopic (exact) mass is 105 g/mol. The predicted octanol–water partition coefficient (Wildman–Crippen LogP) is 2.23. The van der Waals surface area contributed by atoms with Crippen molar-refractivity contribution in [2.45, 2.75) is 25.7 Å². The summed E-state index contributed by atoms with van der Waals surface area (Å²) in [7, 11) is 0. The zero-order chi connectivity index (χ0) is 5.40. The van der Waals surface area contributed by atoms with Crippen molar-refractivity contribution in [3.63, 3.8) is 0 Å². The lowest BCUT2D eigenvalue weighted by Gasteiger charge is -1.87. The Bertz CT molecular complexity index is 161. The molecular weight excluding hydrogens is 96.1 g/mol. The van der Waals surface area contributed by atoms with E-state index in [0.717, 1.165) is 0 Å². The molecule has 0 heteroatoms. The van der Waals surface area contributed by atoms with Gasteiger partial charge in [0, 0.05) is 0 Å². The molecule has 0 spiro atoms. The molecule has 0 unspecified atom stereocenters. The summed E-state index contributed by atoms with van der Waals surface area (Å²) < 4.78 is 0. The maximum Gasteiger partial charge on any atom is -0.00916 e. The van der Waals surface area contributed by atoms with E-state index in [4.69, 9.17) is 0 Å². The molecule has 2 aliphatic carbocycles. The summed E-state index contributed by atoms with van der Waals surface area (Å²) >= 11 is 0. The quantitative estimate of drug-likeness (QED) is 0.479. The van der Waals surface area contributed by atoms with Gasteiger partial charge in [0.1, 0.15) is 0 Å². The molecule has 0 saturated carbocycles. The van der Waals surface area contributed by atoms with Gasteiger partial charge in [-0.1, -0.05) is 6.08 Å². The first-order valence-electron chi connectivity index (χ1n) is 3.26. The van der Waals surface area contributed by atoms with Crippen molar-refractivity contribution < 1.29 is 0 Å². The van der Waals surface area contributed by atoms with Gasteiger partial charge in [-0.3, -0.25) is 0 Å². The van der Waals surface area contributed by atoms with Gasteiger partial charge in [0.05, 0.1) is 0 Å². The molecule has 0 nitrogen and oxygen atoms in total. The molecule has 0 amide bonds. The molecule has 0 aromatic rings. The fraction of sp³-hybridized carbons (Fsp3) is 0.500. The summed E-state index contributed by atoms with van der Waals surface area (Å²) in [5, 5.41) is 0. The first kappa shape index (κ1) is 4.37. The second-order valence-corrected chi connectivity index (χ2v) is 2.44. The fourth-order valence-corrected chi connectivity index (χ4v) is 1.16. The second kappa shape index (κ2) is 1.48. The molecule has 8 heavy (non-hydrogen) atoms. The molecule has 0 aromatic heterocycles. The van der Waals surface area contributed by atoms with E-state index in [1.165, 1.54) is 31.3 Å². The van der Waals surface area contributed by atoms with Crippen LogP contribution in [-0.4, -0.2) is 0 Å². The number of rotatable bonds is 1. The van der Waals surface area contributed by atoms with Crippen molar-refractivity contribution >= 4 is 0 Å². The molecule has 2 aliphatic rings. The van der Waals surface area contributed by atoms with Gasteiger partial charge >= 0.3 is 0 Å². The standard InChI is InChI=1S/C8H9/c1-2-4-7(3-1)8-5-6-8/h5H,1-3,6H2. The van der Waals surface area contributed by atoms with E-state index >= 15 is 0 Å². The predicted molar refractivity (Wildman–Crippen MR) is 33.3 cm³/mol. The molecule has 0 bridgehead atoms. The minimum absolute atomic E-state index is 1.20. The molecular formula is C8H9. The van der Waals surface area contributed by atoms with Gasteiger partial charge < -0.3 is 0 Å². The van der Waals surface area contributed by atoms with Crippen LogP contribution in [0.4, 0.5) is 0 Å². The highest BCUT2D eigenvalue weighted by atomic mass is 14.2. The molecule has 0 fully saturated rings.